The Labute approximate surface area is 123 Å². The minimum absolute atomic E-state index is 0.174. The topological polar surface area (TPSA) is 59.9 Å². The Morgan fingerprint density at radius 2 is 2.21 bits per heavy atom. The number of thioether (sulfide) groups is 1. The highest BCUT2D eigenvalue weighted by molar-refractivity contribution is 9.10. The first-order chi connectivity index (χ1) is 9.17. The van der Waals surface area contributed by atoms with E-state index in [-0.39, 0.29) is 6.23 Å². The number of anilines is 1. The fraction of sp³-hybridized carbons (Fsp3) is 0.250. The molecule has 1 aliphatic heterocycles. The predicted molar refractivity (Wildman–Crippen MR) is 78.5 cm³/mol. The van der Waals surface area contributed by atoms with Crippen LogP contribution in [-0.4, -0.2) is 27.7 Å². The average Bonchev–Trinajstić information content (AvgIpc) is 2.53. The summed E-state index contributed by atoms with van der Waals surface area (Å²) >= 11 is 4.91. The van der Waals surface area contributed by atoms with E-state index in [1.807, 2.05) is 31.4 Å². The van der Waals surface area contributed by atoms with E-state index in [1.54, 1.807) is 0 Å². The van der Waals surface area contributed by atoms with Crippen LogP contribution >= 0.6 is 27.7 Å². The molecule has 0 amide bonds. The van der Waals surface area contributed by atoms with Gasteiger partial charge in [0.1, 0.15) is 0 Å². The van der Waals surface area contributed by atoms with Gasteiger partial charge < -0.3 is 10.1 Å². The van der Waals surface area contributed by atoms with Crippen LogP contribution in [0.15, 0.2) is 27.8 Å². The number of hydrogen-bond donors (Lipinski definition) is 1. The summed E-state index contributed by atoms with van der Waals surface area (Å²) < 4.78 is 6.74. The van der Waals surface area contributed by atoms with E-state index in [2.05, 4.69) is 36.4 Å². The van der Waals surface area contributed by atoms with Crippen molar-refractivity contribution >= 4 is 33.4 Å². The lowest BCUT2D eigenvalue weighted by atomic mass is 10.1. The molecule has 1 N–H and O–H groups in total. The van der Waals surface area contributed by atoms with Gasteiger partial charge in [0.25, 0.3) is 0 Å². The van der Waals surface area contributed by atoms with Crippen LogP contribution in [0.25, 0.3) is 11.3 Å². The van der Waals surface area contributed by atoms with Crippen molar-refractivity contribution in [1.82, 2.24) is 15.2 Å². The van der Waals surface area contributed by atoms with Crippen molar-refractivity contribution in [2.75, 3.05) is 11.6 Å². The number of nitrogens with one attached hydrogen (secondary N) is 1. The lowest BCUT2D eigenvalue weighted by Gasteiger charge is -2.13. The molecule has 1 atom stereocenters. The normalized spacial score (nSPS) is 16.7. The van der Waals surface area contributed by atoms with Crippen molar-refractivity contribution in [3.05, 3.63) is 22.7 Å². The van der Waals surface area contributed by atoms with Crippen LogP contribution in [0.2, 0.25) is 0 Å². The van der Waals surface area contributed by atoms with Gasteiger partial charge in [-0.1, -0.05) is 27.7 Å². The first-order valence-corrected chi connectivity index (χ1v) is 7.71. The summed E-state index contributed by atoms with van der Waals surface area (Å²) in [5, 5.41) is 12.2. The SMILES string of the molecule is CSc1nnc2c(n1)O[C@H](C)Nc1ccc(Br)cc1-2. The molecule has 0 spiro atoms. The number of hydrogen-bond acceptors (Lipinski definition) is 6. The average molecular weight is 339 g/mol. The molecule has 7 heteroatoms. The van der Waals surface area contributed by atoms with Crippen molar-refractivity contribution in [3.8, 4) is 17.1 Å². The molecule has 1 aromatic heterocycles. The molecule has 3 rings (SSSR count). The van der Waals surface area contributed by atoms with Crippen LogP contribution in [0.3, 0.4) is 0 Å². The number of fused-ring (bicyclic) bond motifs is 3. The third-order valence-corrected chi connectivity index (χ3v) is 3.73. The Hall–Kier alpha value is -1.34. The molecule has 98 valence electrons. The van der Waals surface area contributed by atoms with E-state index >= 15 is 0 Å². The highest BCUT2D eigenvalue weighted by Gasteiger charge is 2.22. The third-order valence-electron chi connectivity index (χ3n) is 2.70. The molecule has 19 heavy (non-hydrogen) atoms. The van der Waals surface area contributed by atoms with Crippen molar-refractivity contribution in [3.63, 3.8) is 0 Å². The molecule has 0 radical (unpaired) electrons. The van der Waals surface area contributed by atoms with Crippen LogP contribution < -0.4 is 10.1 Å². The lowest BCUT2D eigenvalue weighted by Crippen LogP contribution is -2.21. The highest BCUT2D eigenvalue weighted by atomic mass is 79.9. The van der Waals surface area contributed by atoms with Gasteiger partial charge in [0.05, 0.1) is 0 Å². The lowest BCUT2D eigenvalue weighted by molar-refractivity contribution is 0.240. The molecule has 0 saturated heterocycles. The largest absolute Gasteiger partial charge is 0.452 e. The quantitative estimate of drug-likeness (QED) is 0.806. The fourth-order valence-electron chi connectivity index (χ4n) is 1.89. The van der Waals surface area contributed by atoms with E-state index in [9.17, 15) is 0 Å². The second kappa shape index (κ2) is 4.97. The molecular formula is C12H11BrN4OS. The van der Waals surface area contributed by atoms with Crippen molar-refractivity contribution in [2.24, 2.45) is 0 Å². The molecule has 0 aliphatic carbocycles. The summed E-state index contributed by atoms with van der Waals surface area (Å²) in [4.78, 5) is 4.38. The van der Waals surface area contributed by atoms with Crippen LogP contribution in [0.4, 0.5) is 5.69 Å². The first kappa shape index (κ1) is 12.7. The molecule has 1 aromatic carbocycles. The molecule has 0 fully saturated rings. The number of ether oxygens (including phenoxy) is 1. The minimum Gasteiger partial charge on any atom is -0.452 e. The second-order valence-corrected chi connectivity index (χ2v) is 5.74. The molecule has 0 unspecified atom stereocenters. The van der Waals surface area contributed by atoms with Gasteiger partial charge in [0.2, 0.25) is 11.0 Å². The van der Waals surface area contributed by atoms with Gasteiger partial charge in [-0.3, -0.25) is 0 Å². The molecule has 2 aromatic rings. The van der Waals surface area contributed by atoms with Crippen molar-refractivity contribution < 1.29 is 4.74 Å². The van der Waals surface area contributed by atoms with Gasteiger partial charge >= 0.3 is 0 Å². The van der Waals surface area contributed by atoms with E-state index in [0.717, 1.165) is 15.7 Å². The molecular weight excluding hydrogens is 328 g/mol. The molecule has 0 bridgehead atoms. The Bertz CT molecular complexity index is 637. The number of aromatic nitrogens is 3. The maximum absolute atomic E-state index is 5.77. The Balaban J connectivity index is 2.22. The van der Waals surface area contributed by atoms with E-state index in [0.29, 0.717) is 16.7 Å². The first-order valence-electron chi connectivity index (χ1n) is 5.69. The Morgan fingerprint density at radius 1 is 1.37 bits per heavy atom. The smallest absolute Gasteiger partial charge is 0.247 e. The summed E-state index contributed by atoms with van der Waals surface area (Å²) in [5.74, 6) is 0.510. The molecule has 2 heterocycles. The standard InChI is InChI=1S/C12H11BrN4OS/c1-6-14-9-4-3-7(13)5-8(9)10-11(18-6)15-12(19-2)17-16-10/h3-6,14H,1-2H3/t6-/m1/s1. The molecule has 0 saturated carbocycles. The Kier molecular flexibility index (Phi) is 3.32. The van der Waals surface area contributed by atoms with Crippen molar-refractivity contribution in [1.29, 1.82) is 0 Å². The second-order valence-electron chi connectivity index (χ2n) is 4.05. The summed E-state index contributed by atoms with van der Waals surface area (Å²) in [7, 11) is 0. The van der Waals surface area contributed by atoms with Gasteiger partial charge in [0.15, 0.2) is 11.9 Å². The van der Waals surface area contributed by atoms with Crippen LogP contribution in [0.5, 0.6) is 5.88 Å². The molecule has 1 aliphatic rings. The van der Waals surface area contributed by atoms with E-state index in [4.69, 9.17) is 4.74 Å². The summed E-state index contributed by atoms with van der Waals surface area (Å²) in [6, 6.07) is 5.94. The number of rotatable bonds is 1. The zero-order chi connectivity index (χ0) is 13.4. The van der Waals surface area contributed by atoms with Gasteiger partial charge in [-0.2, -0.15) is 4.98 Å². The van der Waals surface area contributed by atoms with Gasteiger partial charge in [0, 0.05) is 15.7 Å². The predicted octanol–water partition coefficient (Wildman–Crippen LogP) is 3.17. The van der Waals surface area contributed by atoms with Crippen LogP contribution in [0.1, 0.15) is 6.92 Å². The summed E-state index contributed by atoms with van der Waals surface area (Å²) in [6.07, 6.45) is 1.74. The zero-order valence-corrected chi connectivity index (χ0v) is 12.7. The van der Waals surface area contributed by atoms with Gasteiger partial charge in [-0.05, 0) is 31.4 Å². The maximum atomic E-state index is 5.77. The zero-order valence-electron chi connectivity index (χ0n) is 10.3. The van der Waals surface area contributed by atoms with Gasteiger partial charge in [-0.15, -0.1) is 10.2 Å². The van der Waals surface area contributed by atoms with Crippen LogP contribution in [0, 0.1) is 0 Å². The van der Waals surface area contributed by atoms with Crippen LogP contribution in [-0.2, 0) is 0 Å². The number of halogens is 1. The van der Waals surface area contributed by atoms with Crippen molar-refractivity contribution in [2.45, 2.75) is 18.3 Å². The number of benzene rings is 1. The monoisotopic (exact) mass is 338 g/mol. The fourth-order valence-corrected chi connectivity index (χ4v) is 2.55. The summed E-state index contributed by atoms with van der Waals surface area (Å²) in [6.45, 7) is 1.93. The maximum Gasteiger partial charge on any atom is 0.247 e. The van der Waals surface area contributed by atoms with Gasteiger partial charge in [-0.25, -0.2) is 0 Å². The number of nitrogens with zero attached hydrogens (tertiary/aromatic N) is 3. The molecule has 5 nitrogen and oxygen atoms in total. The highest BCUT2D eigenvalue weighted by Crippen LogP contribution is 2.37. The minimum atomic E-state index is -0.174. The third kappa shape index (κ3) is 2.40. The van der Waals surface area contributed by atoms with E-state index < -0.39 is 0 Å². The summed E-state index contributed by atoms with van der Waals surface area (Å²) in [5.41, 5.74) is 2.55. The van der Waals surface area contributed by atoms with E-state index in [1.165, 1.54) is 11.8 Å². The Morgan fingerprint density at radius 3 is 3.00 bits per heavy atom.